The van der Waals surface area contributed by atoms with E-state index in [1.807, 2.05) is 70.2 Å². The number of amides is 2. The maximum atomic E-state index is 12.8. The van der Waals surface area contributed by atoms with Crippen LogP contribution in [-0.2, 0) is 9.59 Å². The first kappa shape index (κ1) is 19.9. The van der Waals surface area contributed by atoms with Crippen LogP contribution in [0.4, 0.5) is 5.69 Å². The Morgan fingerprint density at radius 1 is 1.18 bits per heavy atom. The van der Waals surface area contributed by atoms with Crippen LogP contribution >= 0.6 is 0 Å². The summed E-state index contributed by atoms with van der Waals surface area (Å²) in [7, 11) is 0. The van der Waals surface area contributed by atoms with Gasteiger partial charge in [0.1, 0.15) is 5.75 Å². The lowest BCUT2D eigenvalue weighted by molar-refractivity contribution is -0.126. The van der Waals surface area contributed by atoms with Crippen LogP contribution in [0.2, 0.25) is 0 Å². The van der Waals surface area contributed by atoms with E-state index in [-0.39, 0.29) is 30.2 Å². The number of rotatable bonds is 6. The van der Waals surface area contributed by atoms with Crippen molar-refractivity contribution >= 4 is 17.5 Å². The lowest BCUT2D eigenvalue weighted by Crippen LogP contribution is -2.34. The van der Waals surface area contributed by atoms with Crippen LogP contribution in [0, 0.1) is 19.8 Å². The van der Waals surface area contributed by atoms with Gasteiger partial charge < -0.3 is 15.0 Å². The largest absolute Gasteiger partial charge is 0.494 e. The van der Waals surface area contributed by atoms with Crippen LogP contribution in [0.15, 0.2) is 42.5 Å². The van der Waals surface area contributed by atoms with Crippen molar-refractivity contribution in [3.8, 4) is 5.75 Å². The molecular formula is C23H28N2O3. The van der Waals surface area contributed by atoms with Gasteiger partial charge in [-0.15, -0.1) is 0 Å². The number of ether oxygens (including phenoxy) is 1. The SMILES string of the molecule is CCOc1ccc(C)cc1C(C)NC(=O)C1CC(=O)N(c2ccc(C)cc2)C1. The van der Waals surface area contributed by atoms with E-state index in [4.69, 9.17) is 4.74 Å². The first-order valence-electron chi connectivity index (χ1n) is 9.79. The van der Waals surface area contributed by atoms with Crippen molar-refractivity contribution in [3.05, 3.63) is 59.2 Å². The molecule has 28 heavy (non-hydrogen) atoms. The number of anilines is 1. The predicted octanol–water partition coefficient (Wildman–Crippen LogP) is 3.93. The molecule has 0 spiro atoms. The number of nitrogens with one attached hydrogen (secondary N) is 1. The third-order valence-electron chi connectivity index (χ3n) is 5.13. The molecule has 2 unspecified atom stereocenters. The second-order valence-electron chi connectivity index (χ2n) is 7.45. The average molecular weight is 380 g/mol. The van der Waals surface area contributed by atoms with Crippen molar-refractivity contribution in [3.63, 3.8) is 0 Å². The van der Waals surface area contributed by atoms with Crippen LogP contribution in [0.5, 0.6) is 5.75 Å². The zero-order valence-corrected chi connectivity index (χ0v) is 17.0. The Morgan fingerprint density at radius 3 is 2.54 bits per heavy atom. The van der Waals surface area contributed by atoms with Gasteiger partial charge in [0.2, 0.25) is 11.8 Å². The van der Waals surface area contributed by atoms with Gasteiger partial charge in [-0.3, -0.25) is 9.59 Å². The highest BCUT2D eigenvalue weighted by atomic mass is 16.5. The third-order valence-corrected chi connectivity index (χ3v) is 5.13. The molecule has 2 aromatic rings. The fraction of sp³-hybridized carbons (Fsp3) is 0.391. The molecule has 1 aliphatic heterocycles. The number of aryl methyl sites for hydroxylation is 2. The molecule has 2 atom stereocenters. The van der Waals surface area contributed by atoms with Crippen LogP contribution in [-0.4, -0.2) is 25.0 Å². The lowest BCUT2D eigenvalue weighted by atomic mass is 10.0. The van der Waals surface area contributed by atoms with Crippen molar-refractivity contribution in [2.75, 3.05) is 18.1 Å². The van der Waals surface area contributed by atoms with Gasteiger partial charge in [0.15, 0.2) is 0 Å². The Morgan fingerprint density at radius 2 is 1.86 bits per heavy atom. The second-order valence-corrected chi connectivity index (χ2v) is 7.45. The van der Waals surface area contributed by atoms with Crippen molar-refractivity contribution in [2.45, 2.75) is 40.2 Å². The number of hydrogen-bond acceptors (Lipinski definition) is 3. The summed E-state index contributed by atoms with van der Waals surface area (Å²) in [6.45, 7) is 8.89. The molecule has 0 aromatic heterocycles. The highest BCUT2D eigenvalue weighted by molar-refractivity contribution is 6.00. The summed E-state index contributed by atoms with van der Waals surface area (Å²) < 4.78 is 5.71. The Balaban J connectivity index is 1.69. The normalized spacial score (nSPS) is 17.5. The van der Waals surface area contributed by atoms with E-state index in [2.05, 4.69) is 5.32 Å². The smallest absolute Gasteiger partial charge is 0.227 e. The molecule has 148 valence electrons. The first-order chi connectivity index (χ1) is 13.4. The van der Waals surface area contributed by atoms with Crippen molar-refractivity contribution in [1.82, 2.24) is 5.32 Å². The minimum Gasteiger partial charge on any atom is -0.494 e. The predicted molar refractivity (Wildman–Crippen MR) is 111 cm³/mol. The molecule has 0 radical (unpaired) electrons. The Labute approximate surface area is 166 Å². The highest BCUT2D eigenvalue weighted by Gasteiger charge is 2.35. The maximum Gasteiger partial charge on any atom is 0.227 e. The molecule has 1 saturated heterocycles. The minimum atomic E-state index is -0.350. The van der Waals surface area contributed by atoms with Crippen molar-refractivity contribution < 1.29 is 14.3 Å². The van der Waals surface area contributed by atoms with Crippen LogP contribution in [0.25, 0.3) is 0 Å². The van der Waals surface area contributed by atoms with Crippen LogP contribution in [0.3, 0.4) is 0 Å². The molecule has 1 heterocycles. The number of hydrogen-bond donors (Lipinski definition) is 1. The second kappa shape index (κ2) is 8.46. The van der Waals surface area contributed by atoms with Gasteiger partial charge in [0.05, 0.1) is 18.6 Å². The molecule has 1 fully saturated rings. The summed E-state index contributed by atoms with van der Waals surface area (Å²) >= 11 is 0. The number of carbonyl (C=O) groups is 2. The Bertz CT molecular complexity index is 861. The van der Waals surface area contributed by atoms with E-state index in [0.29, 0.717) is 13.2 Å². The first-order valence-corrected chi connectivity index (χ1v) is 9.79. The molecule has 5 heteroatoms. The molecule has 0 aliphatic carbocycles. The summed E-state index contributed by atoms with van der Waals surface area (Å²) in [5.41, 5.74) is 4.05. The van der Waals surface area contributed by atoms with Gasteiger partial charge in [-0.1, -0.05) is 35.4 Å². The van der Waals surface area contributed by atoms with Crippen LogP contribution in [0.1, 0.15) is 43.0 Å². The van der Waals surface area contributed by atoms with Crippen molar-refractivity contribution in [1.29, 1.82) is 0 Å². The molecule has 2 aromatic carbocycles. The maximum absolute atomic E-state index is 12.8. The fourth-order valence-corrected chi connectivity index (χ4v) is 3.56. The van der Waals surface area contributed by atoms with E-state index >= 15 is 0 Å². The minimum absolute atomic E-state index is 0.0118. The monoisotopic (exact) mass is 380 g/mol. The van der Waals surface area contributed by atoms with Gasteiger partial charge in [-0.05, 0) is 45.9 Å². The Kier molecular flexibility index (Phi) is 6.02. The van der Waals surface area contributed by atoms with Crippen LogP contribution < -0.4 is 15.0 Å². The number of carbonyl (C=O) groups excluding carboxylic acids is 2. The summed E-state index contributed by atoms with van der Waals surface area (Å²) in [6, 6.07) is 13.6. The average Bonchev–Trinajstić information content (AvgIpc) is 3.06. The molecule has 1 N–H and O–H groups in total. The molecule has 2 amide bonds. The standard InChI is InChI=1S/C23H28N2O3/c1-5-28-21-11-8-16(3)12-20(21)17(4)24-23(27)18-13-22(26)25(14-18)19-9-6-15(2)7-10-19/h6-12,17-18H,5,13-14H2,1-4H3,(H,24,27). The number of benzene rings is 2. The molecule has 3 rings (SSSR count). The zero-order valence-electron chi connectivity index (χ0n) is 17.0. The fourth-order valence-electron chi connectivity index (χ4n) is 3.56. The van der Waals surface area contributed by atoms with Gasteiger partial charge >= 0.3 is 0 Å². The quantitative estimate of drug-likeness (QED) is 0.826. The molecule has 1 aliphatic rings. The van der Waals surface area contributed by atoms with E-state index in [0.717, 1.165) is 28.1 Å². The van der Waals surface area contributed by atoms with E-state index in [1.165, 1.54) is 0 Å². The summed E-state index contributed by atoms with van der Waals surface area (Å²) in [5.74, 6) is 0.322. The number of nitrogens with zero attached hydrogens (tertiary/aromatic N) is 1. The van der Waals surface area contributed by atoms with E-state index in [9.17, 15) is 9.59 Å². The molecule has 0 saturated carbocycles. The highest BCUT2D eigenvalue weighted by Crippen LogP contribution is 2.29. The van der Waals surface area contributed by atoms with Gasteiger partial charge in [-0.25, -0.2) is 0 Å². The molecule has 5 nitrogen and oxygen atoms in total. The van der Waals surface area contributed by atoms with Crippen molar-refractivity contribution in [2.24, 2.45) is 5.92 Å². The summed E-state index contributed by atoms with van der Waals surface area (Å²) in [5, 5.41) is 3.07. The van der Waals surface area contributed by atoms with E-state index in [1.54, 1.807) is 4.90 Å². The van der Waals surface area contributed by atoms with E-state index < -0.39 is 0 Å². The summed E-state index contributed by atoms with van der Waals surface area (Å²) in [4.78, 5) is 27.0. The van der Waals surface area contributed by atoms with Gasteiger partial charge in [0, 0.05) is 24.2 Å². The third kappa shape index (κ3) is 4.35. The summed E-state index contributed by atoms with van der Waals surface area (Å²) in [6.07, 6.45) is 0.235. The van der Waals surface area contributed by atoms with Gasteiger partial charge in [0.25, 0.3) is 0 Å². The molecular weight excluding hydrogens is 352 g/mol. The lowest BCUT2D eigenvalue weighted by Gasteiger charge is -2.21. The molecule has 0 bridgehead atoms. The van der Waals surface area contributed by atoms with Gasteiger partial charge in [-0.2, -0.15) is 0 Å². The zero-order chi connectivity index (χ0) is 20.3. The Hall–Kier alpha value is -2.82. The topological polar surface area (TPSA) is 58.6 Å².